The quantitative estimate of drug-likeness (QED) is 0.475. The van der Waals surface area contributed by atoms with Crippen molar-refractivity contribution in [1.29, 1.82) is 5.26 Å². The molecule has 0 saturated heterocycles. The maximum atomic E-state index is 13.8. The van der Waals surface area contributed by atoms with Crippen molar-refractivity contribution in [2.45, 2.75) is 25.6 Å². The van der Waals surface area contributed by atoms with Gasteiger partial charge in [0.15, 0.2) is 0 Å². The van der Waals surface area contributed by atoms with E-state index in [-0.39, 0.29) is 16.8 Å². The molecule has 0 saturated carbocycles. The fraction of sp³-hybridized carbons (Fsp3) is 0.200. The highest BCUT2D eigenvalue weighted by atomic mass is 19.4. The normalized spacial score (nSPS) is 14.3. The molecule has 142 valence electrons. The van der Waals surface area contributed by atoms with Gasteiger partial charge >= 0.3 is 6.18 Å². The van der Waals surface area contributed by atoms with Crippen molar-refractivity contribution in [2.24, 2.45) is 0 Å². The van der Waals surface area contributed by atoms with Crippen molar-refractivity contribution in [3.8, 4) is 6.07 Å². The second-order valence-corrected chi connectivity index (χ2v) is 6.88. The van der Waals surface area contributed by atoms with Gasteiger partial charge in [-0.3, -0.25) is 0 Å². The molecule has 0 aliphatic carbocycles. The highest BCUT2D eigenvalue weighted by Gasteiger charge is 2.42. The number of benzene rings is 2. The molecule has 0 spiro atoms. The molecule has 0 aliphatic rings. The van der Waals surface area contributed by atoms with Crippen molar-refractivity contribution >= 4 is 21.9 Å². The van der Waals surface area contributed by atoms with E-state index in [9.17, 15) is 18.3 Å². The van der Waals surface area contributed by atoms with Crippen LogP contribution in [0.2, 0.25) is 0 Å². The molecule has 2 aromatic heterocycles. The zero-order chi connectivity index (χ0) is 20.3. The van der Waals surface area contributed by atoms with Crippen molar-refractivity contribution in [2.75, 3.05) is 0 Å². The van der Waals surface area contributed by atoms with Crippen molar-refractivity contribution in [3.63, 3.8) is 0 Å². The summed E-state index contributed by atoms with van der Waals surface area (Å²) in [7, 11) is 0. The first-order valence-corrected chi connectivity index (χ1v) is 8.44. The van der Waals surface area contributed by atoms with Gasteiger partial charge in [-0.2, -0.15) is 18.4 Å². The van der Waals surface area contributed by atoms with Gasteiger partial charge in [0.25, 0.3) is 0 Å². The highest BCUT2D eigenvalue weighted by molar-refractivity contribution is 5.88. The highest BCUT2D eigenvalue weighted by Crippen LogP contribution is 2.43. The van der Waals surface area contributed by atoms with Crippen LogP contribution in [0.25, 0.3) is 21.9 Å². The molecule has 4 aromatic rings. The molecule has 1 unspecified atom stereocenters. The number of fused-ring (bicyclic) bond motifs is 2. The number of rotatable bonds is 2. The van der Waals surface area contributed by atoms with E-state index in [0.717, 1.165) is 6.07 Å². The summed E-state index contributed by atoms with van der Waals surface area (Å²) in [5.41, 5.74) is -1.02. The summed E-state index contributed by atoms with van der Waals surface area (Å²) >= 11 is 0. The van der Waals surface area contributed by atoms with Gasteiger partial charge in [0.1, 0.15) is 11.4 Å². The first-order valence-electron chi connectivity index (χ1n) is 8.44. The third kappa shape index (κ3) is 2.63. The number of hydrogen-bond acceptors (Lipinski definition) is 3. The number of nitriles is 1. The van der Waals surface area contributed by atoms with Crippen molar-refractivity contribution in [3.05, 3.63) is 64.6 Å². The van der Waals surface area contributed by atoms with Crippen molar-refractivity contribution in [1.82, 2.24) is 15.0 Å². The first kappa shape index (κ1) is 18.1. The molecule has 0 bridgehead atoms. The molecule has 2 heterocycles. The monoisotopic (exact) mass is 384 g/mol. The number of aliphatic hydroxyl groups is 1. The summed E-state index contributed by atoms with van der Waals surface area (Å²) in [5, 5.41) is 20.6. The van der Waals surface area contributed by atoms with Crippen molar-refractivity contribution < 1.29 is 18.3 Å². The molecule has 3 N–H and O–H groups in total. The smallest absolute Gasteiger partial charge is 0.377 e. The Hall–Kier alpha value is -3.31. The Bertz CT molecular complexity index is 1260. The average molecular weight is 384 g/mol. The number of hydrogen-bond donors (Lipinski definition) is 3. The lowest BCUT2D eigenvalue weighted by molar-refractivity contribution is -0.139. The molecule has 28 heavy (non-hydrogen) atoms. The summed E-state index contributed by atoms with van der Waals surface area (Å²) in [6, 6.07) is 9.20. The fourth-order valence-electron chi connectivity index (χ4n) is 3.59. The van der Waals surface area contributed by atoms with Gasteiger partial charge in [0, 0.05) is 22.7 Å². The summed E-state index contributed by atoms with van der Waals surface area (Å²) in [6.45, 7) is 2.86. The van der Waals surface area contributed by atoms with Crippen LogP contribution in [0.4, 0.5) is 13.2 Å². The van der Waals surface area contributed by atoms with Crippen LogP contribution >= 0.6 is 0 Å². The SMILES string of the molecule is Cc1cc(C(F)(F)F)c(C(C)(O)c2nc3ccc(C#N)cc3[nH]2)c2cc[nH]c12. The van der Waals surface area contributed by atoms with E-state index in [1.54, 1.807) is 19.1 Å². The summed E-state index contributed by atoms with van der Waals surface area (Å²) < 4.78 is 41.5. The Balaban J connectivity index is 2.02. The van der Waals surface area contributed by atoms with E-state index in [2.05, 4.69) is 15.0 Å². The van der Waals surface area contributed by atoms with E-state index in [1.165, 1.54) is 25.3 Å². The number of halogens is 3. The van der Waals surface area contributed by atoms with Gasteiger partial charge < -0.3 is 15.1 Å². The first-order chi connectivity index (χ1) is 13.1. The molecular weight excluding hydrogens is 369 g/mol. The number of H-pyrrole nitrogens is 2. The summed E-state index contributed by atoms with van der Waals surface area (Å²) in [6.07, 6.45) is -3.12. The van der Waals surface area contributed by atoms with Gasteiger partial charge in [-0.1, -0.05) is 0 Å². The Morgan fingerprint density at radius 1 is 1.18 bits per heavy atom. The van der Waals surface area contributed by atoms with Gasteiger partial charge in [-0.25, -0.2) is 4.98 Å². The van der Waals surface area contributed by atoms with Gasteiger partial charge in [-0.05, 0) is 49.7 Å². The topological polar surface area (TPSA) is 88.5 Å². The van der Waals surface area contributed by atoms with E-state index >= 15 is 0 Å². The van der Waals surface area contributed by atoms with E-state index < -0.39 is 17.3 Å². The second kappa shape index (κ2) is 5.84. The average Bonchev–Trinajstić information content (AvgIpc) is 3.27. The molecule has 0 aliphatic heterocycles. The fourth-order valence-corrected chi connectivity index (χ4v) is 3.59. The van der Waals surface area contributed by atoms with Crippen LogP contribution in [0.5, 0.6) is 0 Å². The van der Waals surface area contributed by atoms with Crippen LogP contribution in [0.3, 0.4) is 0 Å². The third-order valence-electron chi connectivity index (χ3n) is 4.91. The minimum absolute atomic E-state index is 0.0329. The largest absolute Gasteiger partial charge is 0.416 e. The van der Waals surface area contributed by atoms with Crippen LogP contribution in [-0.4, -0.2) is 20.1 Å². The van der Waals surface area contributed by atoms with E-state index in [4.69, 9.17) is 5.26 Å². The lowest BCUT2D eigenvalue weighted by Gasteiger charge is -2.27. The molecule has 0 fully saturated rings. The Morgan fingerprint density at radius 2 is 1.93 bits per heavy atom. The van der Waals surface area contributed by atoms with E-state index in [0.29, 0.717) is 27.7 Å². The van der Waals surface area contributed by atoms with Crippen LogP contribution in [-0.2, 0) is 11.8 Å². The molecular formula is C20H15F3N4O. The molecule has 0 amide bonds. The van der Waals surface area contributed by atoms with Gasteiger partial charge in [0.2, 0.25) is 0 Å². The molecule has 5 nitrogen and oxygen atoms in total. The lowest BCUT2D eigenvalue weighted by atomic mass is 9.86. The maximum absolute atomic E-state index is 13.8. The minimum atomic E-state index is -4.66. The van der Waals surface area contributed by atoms with E-state index in [1.807, 2.05) is 6.07 Å². The molecule has 0 radical (unpaired) electrons. The zero-order valence-electron chi connectivity index (χ0n) is 14.9. The molecule has 2 aromatic carbocycles. The summed E-state index contributed by atoms with van der Waals surface area (Å²) in [4.78, 5) is 10.1. The van der Waals surface area contributed by atoms with Crippen LogP contribution in [0, 0.1) is 18.3 Å². The minimum Gasteiger partial charge on any atom is -0.377 e. The predicted molar refractivity (Wildman–Crippen MR) is 97.5 cm³/mol. The molecule has 8 heteroatoms. The lowest BCUT2D eigenvalue weighted by Crippen LogP contribution is -2.29. The number of nitrogens with zero attached hydrogens (tertiary/aromatic N) is 2. The second-order valence-electron chi connectivity index (χ2n) is 6.88. The Morgan fingerprint density at radius 3 is 2.61 bits per heavy atom. The number of nitrogens with one attached hydrogen (secondary N) is 2. The number of aromatic amines is 2. The predicted octanol–water partition coefficient (Wildman–Crippen LogP) is 4.50. The van der Waals surface area contributed by atoms with Gasteiger partial charge in [-0.15, -0.1) is 0 Å². The molecule has 1 atom stereocenters. The number of imidazole rings is 1. The third-order valence-corrected chi connectivity index (χ3v) is 4.91. The summed E-state index contributed by atoms with van der Waals surface area (Å²) in [5.74, 6) is -0.0329. The number of aromatic nitrogens is 3. The van der Waals surface area contributed by atoms with Crippen LogP contribution in [0.1, 0.15) is 35.0 Å². The van der Waals surface area contributed by atoms with Crippen LogP contribution < -0.4 is 0 Å². The number of alkyl halides is 3. The standard InChI is InChI=1S/C20H15F3N4O/c1-10-7-13(20(21,22)23)16(12-5-6-25-17(10)12)19(2,28)18-26-14-4-3-11(9-24)8-15(14)27-18/h3-8,25,28H,1-2H3,(H,26,27). The Labute approximate surface area is 157 Å². The Kier molecular flexibility index (Phi) is 3.77. The zero-order valence-corrected chi connectivity index (χ0v) is 14.9. The number of aryl methyl sites for hydroxylation is 1. The molecule has 4 rings (SSSR count). The van der Waals surface area contributed by atoms with Gasteiger partial charge in [0.05, 0.1) is 28.2 Å². The maximum Gasteiger partial charge on any atom is 0.416 e. The van der Waals surface area contributed by atoms with Crippen LogP contribution in [0.15, 0.2) is 36.5 Å².